The molecule has 0 rings (SSSR count). The summed E-state index contributed by atoms with van der Waals surface area (Å²) in [5, 5.41) is 26.8. The maximum absolute atomic E-state index is 12.9. The van der Waals surface area contributed by atoms with E-state index in [1.54, 1.807) is 0 Å². The lowest BCUT2D eigenvalue weighted by Crippen LogP contribution is -2.60. The van der Waals surface area contributed by atoms with Gasteiger partial charge in [-0.05, 0) is 50.0 Å². The zero-order valence-corrected chi connectivity index (χ0v) is 20.7. The van der Waals surface area contributed by atoms with E-state index >= 15 is 0 Å². The highest BCUT2D eigenvalue weighted by molar-refractivity contribution is 7.98. The number of rotatable bonds is 15. The Kier molecular flexibility index (Phi) is 14.2. The summed E-state index contributed by atoms with van der Waals surface area (Å²) in [5.41, 5.74) is 5.91. The van der Waals surface area contributed by atoms with Crippen LogP contribution in [0.15, 0.2) is 0 Å². The lowest BCUT2D eigenvalue weighted by Gasteiger charge is -2.27. The first-order valence-electron chi connectivity index (χ1n) is 10.9. The third kappa shape index (κ3) is 11.7. The minimum Gasteiger partial charge on any atom is -0.480 e. The minimum absolute atomic E-state index is 0.0501. The summed E-state index contributed by atoms with van der Waals surface area (Å²) >= 11 is 1.44. The first-order valence-corrected chi connectivity index (χ1v) is 12.3. The van der Waals surface area contributed by atoms with Crippen molar-refractivity contribution in [3.05, 3.63) is 0 Å². The zero-order valence-electron chi connectivity index (χ0n) is 19.9. The summed E-state index contributed by atoms with van der Waals surface area (Å²) < 4.78 is 0. The summed E-state index contributed by atoms with van der Waals surface area (Å²) in [6, 6.07) is -4.26. The van der Waals surface area contributed by atoms with Gasteiger partial charge in [0.1, 0.15) is 18.1 Å². The molecular formula is C21H40N4O6S. The molecule has 0 heterocycles. The van der Waals surface area contributed by atoms with E-state index in [0.29, 0.717) is 18.6 Å². The molecule has 0 aromatic heterocycles. The quantitative estimate of drug-likeness (QED) is 0.193. The van der Waals surface area contributed by atoms with Crippen molar-refractivity contribution in [3.8, 4) is 0 Å². The molecule has 0 radical (unpaired) electrons. The molecule has 0 aromatic carbocycles. The summed E-state index contributed by atoms with van der Waals surface area (Å²) in [6.45, 7) is 8.93. The molecule has 0 saturated carbocycles. The number of carbonyl (C=O) groups is 4. The van der Waals surface area contributed by atoms with Crippen LogP contribution in [0.3, 0.4) is 0 Å². The fraction of sp³-hybridized carbons (Fsp3) is 0.810. The number of carboxylic acid groups (broad SMARTS) is 1. The van der Waals surface area contributed by atoms with Gasteiger partial charge >= 0.3 is 5.97 Å². The first kappa shape index (κ1) is 30.1. The van der Waals surface area contributed by atoms with Gasteiger partial charge in [-0.3, -0.25) is 14.4 Å². The number of aliphatic hydroxyl groups is 1. The number of carbonyl (C=O) groups excluding carboxylic acids is 3. The highest BCUT2D eigenvalue weighted by Gasteiger charge is 2.32. The van der Waals surface area contributed by atoms with Crippen molar-refractivity contribution in [2.45, 2.75) is 84.2 Å². The number of hydrogen-bond acceptors (Lipinski definition) is 7. The molecule has 0 aliphatic rings. The lowest BCUT2D eigenvalue weighted by atomic mass is 10.00. The molecular weight excluding hydrogens is 436 g/mol. The van der Waals surface area contributed by atoms with Crippen molar-refractivity contribution < 1.29 is 29.4 Å². The van der Waals surface area contributed by atoms with Crippen molar-refractivity contribution >= 4 is 35.5 Å². The summed E-state index contributed by atoms with van der Waals surface area (Å²) in [4.78, 5) is 49.4. The number of nitrogens with two attached hydrogens (primary N) is 1. The van der Waals surface area contributed by atoms with Crippen LogP contribution in [0.25, 0.3) is 0 Å². The van der Waals surface area contributed by atoms with Crippen molar-refractivity contribution in [3.63, 3.8) is 0 Å². The standard InChI is InChI=1S/C21H40N4O6S/c1-11(2)9-14(22)18(27)24-16(10-12(3)4)19(28)25-17(13(5)26)20(29)23-15(21(30)31)7-8-32-6/h11-17,26H,7-10,22H2,1-6H3,(H,23,29)(H,24,27)(H,25,28)(H,30,31). The van der Waals surface area contributed by atoms with E-state index in [9.17, 15) is 29.4 Å². The number of aliphatic carboxylic acids is 1. The van der Waals surface area contributed by atoms with E-state index in [4.69, 9.17) is 5.73 Å². The number of thioether (sulfide) groups is 1. The van der Waals surface area contributed by atoms with Crippen LogP contribution in [-0.2, 0) is 19.2 Å². The predicted octanol–water partition coefficient (Wildman–Crippen LogP) is 0.0788. The van der Waals surface area contributed by atoms with Gasteiger partial charge in [0.25, 0.3) is 0 Å². The number of amides is 3. The Balaban J connectivity index is 5.37. The highest BCUT2D eigenvalue weighted by atomic mass is 32.2. The number of carboxylic acids is 1. The van der Waals surface area contributed by atoms with Gasteiger partial charge in [0, 0.05) is 0 Å². The van der Waals surface area contributed by atoms with Crippen LogP contribution in [0, 0.1) is 11.8 Å². The largest absolute Gasteiger partial charge is 0.480 e. The van der Waals surface area contributed by atoms with Gasteiger partial charge in [-0.25, -0.2) is 4.79 Å². The smallest absolute Gasteiger partial charge is 0.326 e. The second-order valence-corrected chi connectivity index (χ2v) is 9.82. The molecule has 11 heteroatoms. The Labute approximate surface area is 194 Å². The number of aliphatic hydroxyl groups excluding tert-OH is 1. The number of nitrogens with one attached hydrogen (secondary N) is 3. The van der Waals surface area contributed by atoms with Gasteiger partial charge in [0.2, 0.25) is 17.7 Å². The van der Waals surface area contributed by atoms with Crippen LogP contribution in [0.5, 0.6) is 0 Å². The maximum atomic E-state index is 12.9. The lowest BCUT2D eigenvalue weighted by molar-refractivity contribution is -0.143. The fourth-order valence-electron chi connectivity index (χ4n) is 3.01. The van der Waals surface area contributed by atoms with Crippen molar-refractivity contribution in [1.29, 1.82) is 0 Å². The van der Waals surface area contributed by atoms with Gasteiger partial charge in [-0.2, -0.15) is 11.8 Å². The first-order chi connectivity index (χ1) is 14.8. The van der Waals surface area contributed by atoms with Crippen LogP contribution >= 0.6 is 11.8 Å². The van der Waals surface area contributed by atoms with E-state index in [-0.39, 0.29) is 18.3 Å². The molecule has 3 amide bonds. The Bertz CT molecular complexity index is 629. The summed E-state index contributed by atoms with van der Waals surface area (Å²) in [5.74, 6) is -2.37. The molecule has 0 spiro atoms. The van der Waals surface area contributed by atoms with E-state index in [1.807, 2.05) is 34.0 Å². The Morgan fingerprint density at radius 2 is 1.38 bits per heavy atom. The predicted molar refractivity (Wildman–Crippen MR) is 125 cm³/mol. The van der Waals surface area contributed by atoms with Crippen LogP contribution in [0.4, 0.5) is 0 Å². The van der Waals surface area contributed by atoms with Crippen molar-refractivity contribution in [2.75, 3.05) is 12.0 Å². The average Bonchev–Trinajstić information content (AvgIpc) is 2.66. The Morgan fingerprint density at radius 3 is 1.81 bits per heavy atom. The van der Waals surface area contributed by atoms with Crippen molar-refractivity contribution in [2.24, 2.45) is 17.6 Å². The van der Waals surface area contributed by atoms with Crippen molar-refractivity contribution in [1.82, 2.24) is 16.0 Å². The monoisotopic (exact) mass is 476 g/mol. The van der Waals surface area contributed by atoms with Gasteiger partial charge in [0.05, 0.1) is 12.1 Å². The SMILES string of the molecule is CSCCC(NC(=O)C(NC(=O)C(CC(C)C)NC(=O)C(N)CC(C)C)C(C)O)C(=O)O. The van der Waals surface area contributed by atoms with Gasteiger partial charge in [-0.15, -0.1) is 0 Å². The molecule has 0 aliphatic heterocycles. The molecule has 7 N–H and O–H groups in total. The van der Waals surface area contributed by atoms with Crippen LogP contribution < -0.4 is 21.7 Å². The van der Waals surface area contributed by atoms with Gasteiger partial charge in [-0.1, -0.05) is 27.7 Å². The molecule has 0 fully saturated rings. The van der Waals surface area contributed by atoms with Gasteiger partial charge in [0.15, 0.2) is 0 Å². The summed E-state index contributed by atoms with van der Waals surface area (Å²) in [7, 11) is 0. The molecule has 32 heavy (non-hydrogen) atoms. The number of hydrogen-bond donors (Lipinski definition) is 6. The maximum Gasteiger partial charge on any atom is 0.326 e. The molecule has 5 atom stereocenters. The molecule has 5 unspecified atom stereocenters. The second-order valence-electron chi connectivity index (χ2n) is 8.83. The van der Waals surface area contributed by atoms with E-state index < -0.39 is 54.0 Å². The van der Waals surface area contributed by atoms with E-state index in [1.165, 1.54) is 18.7 Å². The molecule has 186 valence electrons. The second kappa shape index (κ2) is 15.1. The van der Waals surface area contributed by atoms with E-state index in [0.717, 1.165) is 0 Å². The fourth-order valence-corrected chi connectivity index (χ4v) is 3.48. The summed E-state index contributed by atoms with van der Waals surface area (Å²) in [6.07, 6.45) is 1.48. The molecule has 10 nitrogen and oxygen atoms in total. The normalized spacial score (nSPS) is 16.1. The molecule has 0 saturated heterocycles. The highest BCUT2D eigenvalue weighted by Crippen LogP contribution is 2.09. The minimum atomic E-state index is -1.38. The topological polar surface area (TPSA) is 171 Å². The van der Waals surface area contributed by atoms with E-state index in [2.05, 4.69) is 16.0 Å². The molecule has 0 bridgehead atoms. The zero-order chi connectivity index (χ0) is 25.0. The molecule has 0 aromatic rings. The molecule has 0 aliphatic carbocycles. The average molecular weight is 477 g/mol. The third-order valence-electron chi connectivity index (χ3n) is 4.69. The van der Waals surface area contributed by atoms with Crippen LogP contribution in [-0.4, -0.2) is 76.2 Å². The third-order valence-corrected chi connectivity index (χ3v) is 5.33. The van der Waals surface area contributed by atoms with Gasteiger partial charge < -0.3 is 31.9 Å². The Morgan fingerprint density at radius 1 is 0.844 bits per heavy atom. The van der Waals surface area contributed by atoms with Crippen LogP contribution in [0.2, 0.25) is 0 Å². The Hall–Kier alpha value is -1.85. The van der Waals surface area contributed by atoms with Crippen LogP contribution in [0.1, 0.15) is 53.9 Å².